The van der Waals surface area contributed by atoms with Crippen LogP contribution in [0.1, 0.15) is 6.42 Å². The Morgan fingerprint density at radius 3 is 2.62 bits per heavy atom. The summed E-state index contributed by atoms with van der Waals surface area (Å²) in [5, 5.41) is 13.2. The summed E-state index contributed by atoms with van der Waals surface area (Å²) in [6.45, 7) is -0.128. The van der Waals surface area contributed by atoms with Crippen LogP contribution >= 0.6 is 11.3 Å². The van der Waals surface area contributed by atoms with Gasteiger partial charge in [-0.05, 0) is 0 Å². The number of carbonyl (C=O) groups is 3. The molecule has 1 aromatic heterocycles. The van der Waals surface area contributed by atoms with Crippen molar-refractivity contribution in [3.05, 3.63) is 29.3 Å². The molecule has 1 aromatic carbocycles. The number of hydroxylamine groups is 2. The summed E-state index contributed by atoms with van der Waals surface area (Å²) in [6.07, 6.45) is -4.03. The maximum Gasteiger partial charge on any atom is 0.415 e. The number of amides is 4. The molecule has 17 heteroatoms. The maximum atomic E-state index is 15.1. The molecule has 2 aromatic rings. The Morgan fingerprint density at radius 2 is 1.95 bits per heavy atom. The van der Waals surface area contributed by atoms with Crippen LogP contribution in [0.4, 0.5) is 43.7 Å². The summed E-state index contributed by atoms with van der Waals surface area (Å²) in [4.78, 5) is 43.7. The van der Waals surface area contributed by atoms with Crippen molar-refractivity contribution in [2.24, 2.45) is 0 Å². The number of anilines is 3. The molecule has 3 heterocycles. The molecule has 1 saturated carbocycles. The number of halogens is 4. The van der Waals surface area contributed by atoms with E-state index >= 15 is 8.78 Å². The van der Waals surface area contributed by atoms with Gasteiger partial charge in [-0.3, -0.25) is 19.8 Å². The molecule has 2 saturated heterocycles. The van der Waals surface area contributed by atoms with E-state index in [1.54, 1.807) is 0 Å². The monoisotopic (exact) mass is 545 g/mol. The van der Waals surface area contributed by atoms with Crippen molar-refractivity contribution in [3.63, 3.8) is 0 Å². The fourth-order valence-electron chi connectivity index (χ4n) is 4.21. The molecule has 3 fully saturated rings. The van der Waals surface area contributed by atoms with Gasteiger partial charge in [0.15, 0.2) is 17.2 Å². The lowest BCUT2D eigenvalue weighted by molar-refractivity contribution is -0.132. The highest BCUT2D eigenvalue weighted by Gasteiger charge is 2.64. The second-order valence-electron chi connectivity index (χ2n) is 8.44. The molecule has 2 atom stereocenters. The van der Waals surface area contributed by atoms with Crippen LogP contribution in [0.15, 0.2) is 17.6 Å². The number of ether oxygens (including phenoxy) is 1. The minimum atomic E-state index is -3.22. The Hall–Kier alpha value is -3.73. The summed E-state index contributed by atoms with van der Waals surface area (Å²) in [7, 11) is 0. The van der Waals surface area contributed by atoms with Crippen LogP contribution in [-0.4, -0.2) is 84.1 Å². The van der Waals surface area contributed by atoms with E-state index < -0.39 is 47.7 Å². The number of carbonyl (C=O) groups excluding carboxylic acids is 3. The minimum absolute atomic E-state index is 0.0159. The summed E-state index contributed by atoms with van der Waals surface area (Å²) in [5.74, 6) is -3.42. The molecule has 2 aliphatic heterocycles. The van der Waals surface area contributed by atoms with Crippen LogP contribution in [0.25, 0.3) is 0 Å². The summed E-state index contributed by atoms with van der Waals surface area (Å²) < 4.78 is 60.5. The number of nitrogens with one attached hydrogen (secondary N) is 2. The third kappa shape index (κ3) is 4.95. The van der Waals surface area contributed by atoms with Gasteiger partial charge >= 0.3 is 18.5 Å². The van der Waals surface area contributed by atoms with Crippen LogP contribution < -0.4 is 20.4 Å². The van der Waals surface area contributed by atoms with Crippen molar-refractivity contribution in [2.45, 2.75) is 24.5 Å². The van der Waals surface area contributed by atoms with E-state index in [0.29, 0.717) is 0 Å². The minimum Gasteiger partial charge on any atom is -0.438 e. The number of hydrogen-bond donors (Lipinski definition) is 2. The number of nitrogens with zero attached hydrogens (tertiary/aromatic N) is 5. The molecule has 0 radical (unpaired) electrons. The van der Waals surface area contributed by atoms with Crippen molar-refractivity contribution < 1.29 is 41.5 Å². The zero-order chi connectivity index (χ0) is 26.3. The van der Waals surface area contributed by atoms with E-state index in [0.717, 1.165) is 33.4 Å². The molecule has 4 amide bonds. The van der Waals surface area contributed by atoms with E-state index in [-0.39, 0.29) is 55.7 Å². The van der Waals surface area contributed by atoms with Gasteiger partial charge in [-0.2, -0.15) is 8.78 Å². The van der Waals surface area contributed by atoms with Gasteiger partial charge in [-0.1, -0.05) is 11.3 Å². The number of alkyl halides is 2. The van der Waals surface area contributed by atoms with Crippen molar-refractivity contribution in [2.75, 3.05) is 47.9 Å². The molecule has 12 nitrogen and oxygen atoms in total. The Morgan fingerprint density at radius 1 is 1.19 bits per heavy atom. The van der Waals surface area contributed by atoms with Gasteiger partial charge in [0.05, 0.1) is 31.4 Å². The Labute approximate surface area is 210 Å². The molecule has 0 bridgehead atoms. The first-order valence-electron chi connectivity index (χ1n) is 11.0. The highest BCUT2D eigenvalue weighted by Crippen LogP contribution is 2.46. The smallest absolute Gasteiger partial charge is 0.415 e. The predicted octanol–water partition coefficient (Wildman–Crippen LogP) is 1.95. The zero-order valence-corrected chi connectivity index (χ0v) is 19.6. The van der Waals surface area contributed by atoms with Gasteiger partial charge in [-0.25, -0.2) is 23.4 Å². The second-order valence-corrected chi connectivity index (χ2v) is 9.27. The van der Waals surface area contributed by atoms with E-state index in [4.69, 9.17) is 9.57 Å². The molecule has 1 spiro atoms. The first kappa shape index (κ1) is 24.9. The first-order valence-corrected chi connectivity index (χ1v) is 11.9. The Balaban J connectivity index is 1.25. The quantitative estimate of drug-likeness (QED) is 0.546. The summed E-state index contributed by atoms with van der Waals surface area (Å²) >= 11 is 1.11. The van der Waals surface area contributed by atoms with Gasteiger partial charge in [0.25, 0.3) is 5.91 Å². The molecule has 198 valence electrons. The SMILES string of the molecule is O=C(NC1C[C@@]12CN(c1cc(F)c(N3CCON(C(=O)Nc4nncs4)CC3)c(F)c1)C(=O)O2)C(F)F. The molecular weight excluding hydrogens is 526 g/mol. The van der Waals surface area contributed by atoms with Gasteiger partial charge < -0.3 is 15.0 Å². The lowest BCUT2D eigenvalue weighted by Gasteiger charge is -2.24. The van der Waals surface area contributed by atoms with Crippen LogP contribution in [-0.2, 0) is 14.4 Å². The number of hydrogen-bond acceptors (Lipinski definition) is 9. The largest absolute Gasteiger partial charge is 0.438 e. The Kier molecular flexibility index (Phi) is 6.49. The molecule has 37 heavy (non-hydrogen) atoms. The molecule has 2 N–H and O–H groups in total. The van der Waals surface area contributed by atoms with Crippen LogP contribution in [0.2, 0.25) is 0 Å². The zero-order valence-electron chi connectivity index (χ0n) is 18.8. The fraction of sp³-hybridized carbons (Fsp3) is 0.450. The van der Waals surface area contributed by atoms with Crippen molar-refractivity contribution in [1.29, 1.82) is 0 Å². The lowest BCUT2D eigenvalue weighted by atomic mass is 10.2. The van der Waals surface area contributed by atoms with Crippen LogP contribution in [0.5, 0.6) is 0 Å². The van der Waals surface area contributed by atoms with Gasteiger partial charge in [0, 0.05) is 31.6 Å². The summed E-state index contributed by atoms with van der Waals surface area (Å²) in [5.41, 5.74) is -0.287. The summed E-state index contributed by atoms with van der Waals surface area (Å²) in [6, 6.07) is 0.486. The third-order valence-corrected chi connectivity index (χ3v) is 6.69. The first-order chi connectivity index (χ1) is 17.7. The molecule has 3 aliphatic rings. The van der Waals surface area contributed by atoms with E-state index in [9.17, 15) is 23.2 Å². The normalized spacial score (nSPS) is 23.3. The second kappa shape index (κ2) is 9.62. The van der Waals surface area contributed by atoms with Crippen molar-refractivity contribution in [1.82, 2.24) is 20.6 Å². The molecular formula is C20H19F4N7O5S. The third-order valence-electron chi connectivity index (χ3n) is 6.09. The van der Waals surface area contributed by atoms with Gasteiger partial charge in [-0.15, -0.1) is 10.2 Å². The highest BCUT2D eigenvalue weighted by molar-refractivity contribution is 7.13. The van der Waals surface area contributed by atoms with Crippen LogP contribution in [0, 0.1) is 11.6 Å². The molecule has 1 aliphatic carbocycles. The average Bonchev–Trinajstić information content (AvgIpc) is 3.12. The standard InChI is InChI=1S/C20H19F4N7O5S/c21-11-5-10(30-8-20(36-19(30)34)7-13(20)26-16(32)15(23)24)6-12(22)14(11)29-1-2-31(35-4-3-29)18(33)27-17-28-25-9-37-17/h5-6,9,13,15H,1-4,7-8H2,(H,26,32)(H,27,28,33)/t13?,20-/m1/s1. The Bertz CT molecular complexity index is 1200. The number of urea groups is 1. The van der Waals surface area contributed by atoms with Gasteiger partial charge in [0.1, 0.15) is 11.2 Å². The van der Waals surface area contributed by atoms with Gasteiger partial charge in [0.2, 0.25) is 5.13 Å². The topological polar surface area (TPSA) is 129 Å². The molecule has 5 rings (SSSR count). The predicted molar refractivity (Wildman–Crippen MR) is 119 cm³/mol. The highest BCUT2D eigenvalue weighted by atomic mass is 32.1. The average molecular weight is 545 g/mol. The van der Waals surface area contributed by atoms with Crippen molar-refractivity contribution in [3.8, 4) is 0 Å². The van der Waals surface area contributed by atoms with Crippen molar-refractivity contribution >= 4 is 45.9 Å². The van der Waals surface area contributed by atoms with E-state index in [1.165, 1.54) is 10.4 Å². The van der Waals surface area contributed by atoms with E-state index in [2.05, 4.69) is 20.8 Å². The lowest BCUT2D eigenvalue weighted by Crippen LogP contribution is -2.37. The number of aromatic nitrogens is 2. The fourth-order valence-corrected chi connectivity index (χ4v) is 4.64. The number of rotatable bonds is 5. The van der Waals surface area contributed by atoms with Crippen LogP contribution in [0.3, 0.4) is 0 Å². The maximum absolute atomic E-state index is 15.1. The number of benzene rings is 1. The molecule has 1 unspecified atom stereocenters. The van der Waals surface area contributed by atoms with E-state index in [1.807, 2.05) is 0 Å².